The summed E-state index contributed by atoms with van der Waals surface area (Å²) in [5.74, 6) is 0.509. The van der Waals surface area contributed by atoms with Crippen molar-refractivity contribution < 1.29 is 9.53 Å². The lowest BCUT2D eigenvalue weighted by Gasteiger charge is -2.31. The number of benzene rings is 1. The number of tetrazole rings is 1. The molecule has 0 bridgehead atoms. The average molecular weight is 316 g/mol. The number of morpholine rings is 1. The maximum Gasteiger partial charge on any atom is 0.317 e. The summed E-state index contributed by atoms with van der Waals surface area (Å²) in [5.41, 5.74) is 1.21. The number of carbonyl (C=O) groups is 1. The Morgan fingerprint density at radius 1 is 1.39 bits per heavy atom. The molecule has 1 N–H and O–H groups in total. The van der Waals surface area contributed by atoms with Gasteiger partial charge in [0.1, 0.15) is 6.10 Å². The number of hydrogen-bond acceptors (Lipinski definition) is 5. The van der Waals surface area contributed by atoms with Gasteiger partial charge in [0.05, 0.1) is 20.2 Å². The van der Waals surface area contributed by atoms with Gasteiger partial charge in [0.25, 0.3) is 0 Å². The molecule has 0 radical (unpaired) electrons. The summed E-state index contributed by atoms with van der Waals surface area (Å²) in [4.78, 5) is 15.4. The highest BCUT2D eigenvalue weighted by Gasteiger charge is 2.28. The Morgan fingerprint density at radius 2 is 2.22 bits per heavy atom. The maximum atomic E-state index is 12.3. The second kappa shape index (κ2) is 7.19. The van der Waals surface area contributed by atoms with Crippen LogP contribution in [0.15, 0.2) is 30.3 Å². The van der Waals surface area contributed by atoms with Crippen LogP contribution in [-0.2, 0) is 18.2 Å². The first-order chi connectivity index (χ1) is 11.2. The van der Waals surface area contributed by atoms with Crippen LogP contribution in [-0.4, -0.2) is 57.4 Å². The highest BCUT2D eigenvalue weighted by atomic mass is 16.5. The maximum absolute atomic E-state index is 12.3. The molecule has 2 aromatic rings. The van der Waals surface area contributed by atoms with Crippen molar-refractivity contribution in [2.45, 2.75) is 12.5 Å². The second-order valence-electron chi connectivity index (χ2n) is 5.41. The van der Waals surface area contributed by atoms with Crippen LogP contribution >= 0.6 is 0 Å². The fourth-order valence-corrected chi connectivity index (χ4v) is 2.49. The zero-order valence-corrected chi connectivity index (χ0v) is 13.1. The van der Waals surface area contributed by atoms with E-state index in [1.807, 2.05) is 18.2 Å². The molecule has 1 aliphatic heterocycles. The molecule has 1 aliphatic rings. The number of hydrogen-bond donors (Lipinski definition) is 1. The third-order valence-electron chi connectivity index (χ3n) is 3.70. The number of ether oxygens (including phenoxy) is 1. The number of aromatic nitrogens is 4. The third-order valence-corrected chi connectivity index (χ3v) is 3.70. The van der Waals surface area contributed by atoms with E-state index in [1.165, 1.54) is 10.4 Å². The quantitative estimate of drug-likeness (QED) is 0.889. The fourth-order valence-electron chi connectivity index (χ4n) is 2.49. The zero-order valence-electron chi connectivity index (χ0n) is 13.1. The van der Waals surface area contributed by atoms with Crippen LogP contribution in [0.3, 0.4) is 0 Å². The highest BCUT2D eigenvalue weighted by Crippen LogP contribution is 2.18. The fraction of sp³-hybridized carbons (Fsp3) is 0.467. The molecule has 0 saturated carbocycles. The molecule has 1 atom stereocenters. The minimum absolute atomic E-state index is 0.0851. The summed E-state index contributed by atoms with van der Waals surface area (Å²) in [7, 11) is 1.70. The molecule has 2 heterocycles. The van der Waals surface area contributed by atoms with Gasteiger partial charge in [-0.3, -0.25) is 0 Å². The van der Waals surface area contributed by atoms with Crippen molar-refractivity contribution in [2.75, 3.05) is 26.2 Å². The molecule has 0 aliphatic carbocycles. The Morgan fingerprint density at radius 3 is 2.96 bits per heavy atom. The van der Waals surface area contributed by atoms with E-state index in [0.717, 1.165) is 6.42 Å². The molecule has 8 nitrogen and oxygen atoms in total. The van der Waals surface area contributed by atoms with Crippen LogP contribution < -0.4 is 5.32 Å². The van der Waals surface area contributed by atoms with Gasteiger partial charge in [0.15, 0.2) is 0 Å². The van der Waals surface area contributed by atoms with Crippen LogP contribution in [0.4, 0.5) is 4.79 Å². The van der Waals surface area contributed by atoms with Crippen molar-refractivity contribution in [3.63, 3.8) is 0 Å². The van der Waals surface area contributed by atoms with E-state index in [2.05, 4.69) is 32.9 Å². The number of rotatable bonds is 4. The molecule has 122 valence electrons. The van der Waals surface area contributed by atoms with Crippen molar-refractivity contribution >= 4 is 6.03 Å². The van der Waals surface area contributed by atoms with Gasteiger partial charge in [-0.1, -0.05) is 30.3 Å². The predicted molar refractivity (Wildman–Crippen MR) is 82.6 cm³/mol. The monoisotopic (exact) mass is 316 g/mol. The Labute approximate surface area is 134 Å². The summed E-state index contributed by atoms with van der Waals surface area (Å²) in [5, 5.41) is 14.8. The van der Waals surface area contributed by atoms with Gasteiger partial charge >= 0.3 is 6.03 Å². The Kier molecular flexibility index (Phi) is 4.82. The van der Waals surface area contributed by atoms with Gasteiger partial charge in [-0.15, -0.1) is 10.2 Å². The number of carbonyl (C=O) groups excluding carboxylic acids is 1. The van der Waals surface area contributed by atoms with Crippen LogP contribution in [0.5, 0.6) is 0 Å². The molecular formula is C15H20N6O2. The second-order valence-corrected chi connectivity index (χ2v) is 5.41. The average Bonchev–Trinajstić information content (AvgIpc) is 3.02. The van der Waals surface area contributed by atoms with E-state index >= 15 is 0 Å². The molecule has 0 spiro atoms. The van der Waals surface area contributed by atoms with E-state index in [1.54, 1.807) is 11.9 Å². The Balaban J connectivity index is 1.49. The number of urea groups is 1. The standard InChI is InChI=1S/C15H20N6O2/c1-20-18-14(17-19-20)13-11-21(9-10-23-13)15(22)16-8-7-12-5-3-2-4-6-12/h2-6,13H,7-11H2,1H3,(H,16,22). The van der Waals surface area contributed by atoms with Crippen LogP contribution in [0.1, 0.15) is 17.5 Å². The SMILES string of the molecule is Cn1nnc(C2CN(C(=O)NCCc3ccccc3)CCO2)n1. The number of aryl methyl sites for hydroxylation is 1. The molecule has 1 aromatic carbocycles. The normalized spacial score (nSPS) is 18.0. The van der Waals surface area contributed by atoms with Gasteiger partial charge in [0.2, 0.25) is 5.82 Å². The minimum atomic E-state index is -0.322. The van der Waals surface area contributed by atoms with Crippen LogP contribution in [0.2, 0.25) is 0 Å². The largest absolute Gasteiger partial charge is 0.366 e. The van der Waals surface area contributed by atoms with Crippen molar-refractivity contribution in [1.82, 2.24) is 30.4 Å². The summed E-state index contributed by atoms with van der Waals surface area (Å²) < 4.78 is 5.63. The first-order valence-corrected chi connectivity index (χ1v) is 7.64. The van der Waals surface area contributed by atoms with Crippen LogP contribution in [0, 0.1) is 0 Å². The number of nitrogens with zero attached hydrogens (tertiary/aromatic N) is 5. The predicted octanol–water partition coefficient (Wildman–Crippen LogP) is 0.536. The van der Waals surface area contributed by atoms with E-state index < -0.39 is 0 Å². The molecule has 1 saturated heterocycles. The third kappa shape index (κ3) is 4.04. The lowest BCUT2D eigenvalue weighted by Crippen LogP contribution is -2.47. The summed E-state index contributed by atoms with van der Waals surface area (Å²) >= 11 is 0. The van der Waals surface area contributed by atoms with Gasteiger partial charge in [0, 0.05) is 13.1 Å². The molecule has 1 unspecified atom stereocenters. The molecule has 1 fully saturated rings. The smallest absolute Gasteiger partial charge is 0.317 e. The Bertz CT molecular complexity index is 644. The minimum Gasteiger partial charge on any atom is -0.366 e. The molecule has 2 amide bonds. The lowest BCUT2D eigenvalue weighted by atomic mass is 10.1. The molecule has 8 heteroatoms. The topological polar surface area (TPSA) is 85.2 Å². The highest BCUT2D eigenvalue weighted by molar-refractivity contribution is 5.74. The van der Waals surface area contributed by atoms with Crippen molar-refractivity contribution in [1.29, 1.82) is 0 Å². The Hall–Kier alpha value is -2.48. The summed E-state index contributed by atoms with van der Waals surface area (Å²) in [6, 6.07) is 10.00. The van der Waals surface area contributed by atoms with Crippen molar-refractivity contribution in [3.8, 4) is 0 Å². The number of nitrogens with one attached hydrogen (secondary N) is 1. The van der Waals surface area contributed by atoms with Gasteiger partial charge in [-0.25, -0.2) is 4.79 Å². The zero-order chi connectivity index (χ0) is 16.1. The van der Waals surface area contributed by atoms with Crippen LogP contribution in [0.25, 0.3) is 0 Å². The van der Waals surface area contributed by atoms with E-state index in [-0.39, 0.29) is 12.1 Å². The molecular weight excluding hydrogens is 296 g/mol. The van der Waals surface area contributed by atoms with E-state index in [4.69, 9.17) is 4.74 Å². The first kappa shape index (κ1) is 15.4. The molecule has 1 aromatic heterocycles. The van der Waals surface area contributed by atoms with Gasteiger partial charge < -0.3 is 15.0 Å². The summed E-state index contributed by atoms with van der Waals surface area (Å²) in [6.45, 7) is 2.07. The molecule has 23 heavy (non-hydrogen) atoms. The summed E-state index contributed by atoms with van der Waals surface area (Å²) in [6.07, 6.45) is 0.490. The lowest BCUT2D eigenvalue weighted by molar-refractivity contribution is -0.0200. The molecule has 3 rings (SSSR count). The van der Waals surface area contributed by atoms with Gasteiger partial charge in [-0.2, -0.15) is 4.80 Å². The first-order valence-electron chi connectivity index (χ1n) is 7.64. The van der Waals surface area contributed by atoms with Crippen molar-refractivity contribution in [3.05, 3.63) is 41.7 Å². The number of amides is 2. The van der Waals surface area contributed by atoms with Gasteiger partial charge in [-0.05, 0) is 17.2 Å². The van der Waals surface area contributed by atoms with E-state index in [0.29, 0.717) is 32.1 Å². The van der Waals surface area contributed by atoms with E-state index in [9.17, 15) is 4.79 Å². The van der Waals surface area contributed by atoms with Crippen molar-refractivity contribution in [2.24, 2.45) is 7.05 Å².